The van der Waals surface area contributed by atoms with Crippen molar-refractivity contribution in [2.45, 2.75) is 25.2 Å². The quantitative estimate of drug-likeness (QED) is 0.654. The molecule has 2 heterocycles. The van der Waals surface area contributed by atoms with Crippen molar-refractivity contribution in [3.63, 3.8) is 0 Å². The molecule has 94 valence electrons. The molecular weight excluding hydrogens is 264 g/mol. The topological polar surface area (TPSA) is 77.3 Å². The molecule has 0 saturated heterocycles. The summed E-state index contributed by atoms with van der Waals surface area (Å²) in [5, 5.41) is 2.83. The minimum Gasteiger partial charge on any atom is -0.370 e. The molecular formula is C12H14N4S2. The third-order valence-corrected chi connectivity index (χ3v) is 5.15. The molecule has 4 N–H and O–H groups in total. The van der Waals surface area contributed by atoms with Crippen molar-refractivity contribution in [3.05, 3.63) is 33.0 Å². The summed E-state index contributed by atoms with van der Waals surface area (Å²) < 4.78 is 0. The molecule has 1 atom stereocenters. The Labute approximate surface area is 113 Å². The molecule has 0 saturated carbocycles. The summed E-state index contributed by atoms with van der Waals surface area (Å²) in [7, 11) is 0. The number of rotatable bonds is 2. The van der Waals surface area contributed by atoms with Crippen LogP contribution in [0.25, 0.3) is 0 Å². The fourth-order valence-corrected chi connectivity index (χ4v) is 4.23. The Morgan fingerprint density at radius 3 is 3.06 bits per heavy atom. The van der Waals surface area contributed by atoms with E-state index in [1.165, 1.54) is 21.9 Å². The van der Waals surface area contributed by atoms with Gasteiger partial charge in [0.1, 0.15) is 0 Å². The maximum atomic E-state index is 5.38. The van der Waals surface area contributed by atoms with Gasteiger partial charge in [-0.05, 0) is 36.6 Å². The van der Waals surface area contributed by atoms with Crippen LogP contribution >= 0.6 is 22.7 Å². The molecule has 18 heavy (non-hydrogen) atoms. The Kier molecular flexibility index (Phi) is 3.05. The van der Waals surface area contributed by atoms with E-state index in [2.05, 4.69) is 27.5 Å². The Hall–Kier alpha value is -1.40. The maximum absolute atomic E-state index is 5.38. The molecule has 1 aliphatic rings. The molecule has 2 aromatic heterocycles. The van der Waals surface area contributed by atoms with E-state index < -0.39 is 0 Å². The molecule has 6 heteroatoms. The van der Waals surface area contributed by atoms with Gasteiger partial charge < -0.3 is 11.5 Å². The number of aryl methyl sites for hydroxylation is 1. The summed E-state index contributed by atoms with van der Waals surface area (Å²) in [6, 6.07) is 4.34. The van der Waals surface area contributed by atoms with E-state index in [1.807, 2.05) is 11.3 Å². The van der Waals surface area contributed by atoms with E-state index >= 15 is 0 Å². The molecule has 1 unspecified atom stereocenters. The van der Waals surface area contributed by atoms with Gasteiger partial charge in [0.25, 0.3) is 0 Å². The van der Waals surface area contributed by atoms with Crippen LogP contribution in [0.4, 0.5) is 5.13 Å². The number of aromatic nitrogens is 1. The first-order valence-electron chi connectivity index (χ1n) is 5.84. The van der Waals surface area contributed by atoms with Crippen LogP contribution in [0.2, 0.25) is 0 Å². The molecule has 0 amide bonds. The van der Waals surface area contributed by atoms with E-state index in [1.54, 1.807) is 11.3 Å². The second-order valence-corrected chi connectivity index (χ2v) is 6.40. The lowest BCUT2D eigenvalue weighted by Gasteiger charge is -2.19. The maximum Gasteiger partial charge on any atom is 0.212 e. The molecule has 0 bridgehead atoms. The zero-order valence-electron chi connectivity index (χ0n) is 9.80. The number of thiophene rings is 1. The zero-order chi connectivity index (χ0) is 12.5. The van der Waals surface area contributed by atoms with E-state index in [0.29, 0.717) is 11.0 Å². The predicted molar refractivity (Wildman–Crippen MR) is 76.7 cm³/mol. The predicted octanol–water partition coefficient (Wildman–Crippen LogP) is 2.38. The van der Waals surface area contributed by atoms with Crippen molar-refractivity contribution in [1.82, 2.24) is 4.98 Å². The highest BCUT2D eigenvalue weighted by Gasteiger charge is 2.24. The molecule has 4 nitrogen and oxygen atoms in total. The van der Waals surface area contributed by atoms with E-state index in [4.69, 9.17) is 11.5 Å². The average molecular weight is 278 g/mol. The number of aliphatic imine (C=N–C) groups is 1. The summed E-state index contributed by atoms with van der Waals surface area (Å²) >= 11 is 3.45. The summed E-state index contributed by atoms with van der Waals surface area (Å²) in [5.74, 6) is 0.709. The summed E-state index contributed by atoms with van der Waals surface area (Å²) in [6.45, 7) is 0. The van der Waals surface area contributed by atoms with Crippen LogP contribution < -0.4 is 11.5 Å². The van der Waals surface area contributed by atoms with Gasteiger partial charge in [-0.25, -0.2) is 4.98 Å². The molecule has 0 aliphatic heterocycles. The van der Waals surface area contributed by atoms with Crippen molar-refractivity contribution in [1.29, 1.82) is 0 Å². The Balaban J connectivity index is 1.84. The Bertz CT molecular complexity index is 567. The van der Waals surface area contributed by atoms with Gasteiger partial charge in [0.15, 0.2) is 5.96 Å². The highest BCUT2D eigenvalue weighted by Crippen LogP contribution is 2.38. The van der Waals surface area contributed by atoms with Crippen molar-refractivity contribution in [3.8, 4) is 0 Å². The first-order chi connectivity index (χ1) is 8.72. The van der Waals surface area contributed by atoms with Crippen LogP contribution in [-0.4, -0.2) is 10.9 Å². The van der Waals surface area contributed by atoms with Crippen LogP contribution in [0.5, 0.6) is 0 Å². The van der Waals surface area contributed by atoms with Gasteiger partial charge in [0.2, 0.25) is 5.13 Å². The lowest BCUT2D eigenvalue weighted by Crippen LogP contribution is -2.21. The number of guanidine groups is 1. The molecule has 1 aliphatic carbocycles. The van der Waals surface area contributed by atoms with Crippen LogP contribution in [0.15, 0.2) is 22.5 Å². The highest BCUT2D eigenvalue weighted by atomic mass is 32.1. The lowest BCUT2D eigenvalue weighted by molar-refractivity contribution is 0.593. The minimum absolute atomic E-state index is 0.0795. The fourth-order valence-electron chi connectivity index (χ4n) is 2.29. The van der Waals surface area contributed by atoms with Crippen molar-refractivity contribution in [2.75, 3.05) is 0 Å². The Morgan fingerprint density at radius 1 is 1.44 bits per heavy atom. The third kappa shape index (κ3) is 2.26. The smallest absolute Gasteiger partial charge is 0.212 e. The third-order valence-electron chi connectivity index (χ3n) is 3.10. The number of hydrogen-bond acceptors (Lipinski definition) is 4. The van der Waals surface area contributed by atoms with Gasteiger partial charge in [-0.3, -0.25) is 0 Å². The van der Waals surface area contributed by atoms with Crippen LogP contribution in [0.3, 0.4) is 0 Å². The molecule has 0 radical (unpaired) electrons. The molecule has 0 spiro atoms. The van der Waals surface area contributed by atoms with E-state index in [9.17, 15) is 0 Å². The average Bonchev–Trinajstić information content (AvgIpc) is 2.94. The summed E-state index contributed by atoms with van der Waals surface area (Å²) in [5.41, 5.74) is 11.9. The van der Waals surface area contributed by atoms with Gasteiger partial charge in [0.05, 0.1) is 5.69 Å². The van der Waals surface area contributed by atoms with E-state index in [0.717, 1.165) is 12.8 Å². The SMILES string of the molecule is NC(N)=Nc1nc2c(s1)CC(c1cccs1)CC2. The zero-order valence-corrected chi connectivity index (χ0v) is 11.4. The lowest BCUT2D eigenvalue weighted by atomic mass is 9.90. The number of nitrogens with two attached hydrogens (primary N) is 2. The number of hydrogen-bond donors (Lipinski definition) is 2. The summed E-state index contributed by atoms with van der Waals surface area (Å²) in [4.78, 5) is 11.3. The monoisotopic (exact) mass is 278 g/mol. The first-order valence-corrected chi connectivity index (χ1v) is 7.53. The first kappa shape index (κ1) is 11.7. The van der Waals surface area contributed by atoms with Crippen molar-refractivity contribution < 1.29 is 0 Å². The highest BCUT2D eigenvalue weighted by molar-refractivity contribution is 7.15. The minimum atomic E-state index is 0.0795. The largest absolute Gasteiger partial charge is 0.370 e. The van der Waals surface area contributed by atoms with Gasteiger partial charge in [-0.2, -0.15) is 4.99 Å². The second-order valence-electron chi connectivity index (χ2n) is 4.36. The number of thiazole rings is 1. The van der Waals surface area contributed by atoms with Gasteiger partial charge in [-0.15, -0.1) is 11.3 Å². The van der Waals surface area contributed by atoms with Crippen LogP contribution in [-0.2, 0) is 12.8 Å². The second kappa shape index (κ2) is 4.70. The van der Waals surface area contributed by atoms with Crippen LogP contribution in [0.1, 0.15) is 27.8 Å². The van der Waals surface area contributed by atoms with E-state index in [-0.39, 0.29) is 5.96 Å². The van der Waals surface area contributed by atoms with Gasteiger partial charge >= 0.3 is 0 Å². The van der Waals surface area contributed by atoms with Gasteiger partial charge in [0, 0.05) is 9.75 Å². The fraction of sp³-hybridized carbons (Fsp3) is 0.333. The normalized spacial score (nSPS) is 18.3. The standard InChI is InChI=1S/C12H14N4S2/c13-11(14)16-12-15-8-4-3-7(6-10(8)18-12)9-2-1-5-17-9/h1-2,5,7H,3-4,6H2,(H4,13,14,15,16). The van der Waals surface area contributed by atoms with Crippen molar-refractivity contribution >= 4 is 33.8 Å². The molecule has 2 aromatic rings. The Morgan fingerprint density at radius 2 is 2.33 bits per heavy atom. The number of fused-ring (bicyclic) bond motifs is 1. The molecule has 3 rings (SSSR count). The number of nitrogens with zero attached hydrogens (tertiary/aromatic N) is 2. The molecule has 0 aromatic carbocycles. The molecule has 0 fully saturated rings. The summed E-state index contributed by atoms with van der Waals surface area (Å²) in [6.07, 6.45) is 3.25. The van der Waals surface area contributed by atoms with Crippen LogP contribution in [0, 0.1) is 0 Å². The van der Waals surface area contributed by atoms with Crippen molar-refractivity contribution in [2.24, 2.45) is 16.5 Å². The van der Waals surface area contributed by atoms with Gasteiger partial charge in [-0.1, -0.05) is 17.4 Å².